The van der Waals surface area contributed by atoms with Crippen molar-refractivity contribution >= 4 is 17.8 Å². The van der Waals surface area contributed by atoms with E-state index in [-0.39, 0.29) is 6.08 Å². The van der Waals surface area contributed by atoms with Gasteiger partial charge in [-0.3, -0.25) is 0 Å². The summed E-state index contributed by atoms with van der Waals surface area (Å²) in [6, 6.07) is 6.75. The fourth-order valence-corrected chi connectivity index (χ4v) is 1.46. The van der Waals surface area contributed by atoms with Crippen molar-refractivity contribution in [2.45, 2.75) is 6.18 Å². The van der Waals surface area contributed by atoms with Crippen LogP contribution in [0.2, 0.25) is 5.02 Å². The van der Waals surface area contributed by atoms with Crippen LogP contribution >= 0.6 is 11.6 Å². The zero-order valence-corrected chi connectivity index (χ0v) is 9.65. The van der Waals surface area contributed by atoms with Gasteiger partial charge in [0, 0.05) is 22.9 Å². The molecule has 0 bridgehead atoms. The third-order valence-electron chi connectivity index (χ3n) is 2.01. The molecule has 1 aromatic heterocycles. The Balaban J connectivity index is 2.23. The van der Waals surface area contributed by atoms with E-state index in [1.165, 1.54) is 6.33 Å². The van der Waals surface area contributed by atoms with Gasteiger partial charge in [0.05, 0.1) is 0 Å². The molecule has 0 aliphatic heterocycles. The monoisotopic (exact) mass is 273 g/mol. The van der Waals surface area contributed by atoms with Gasteiger partial charge >= 0.3 is 6.18 Å². The number of benzene rings is 1. The second-order valence-corrected chi connectivity index (χ2v) is 3.85. The first-order valence-corrected chi connectivity index (χ1v) is 5.25. The quantitative estimate of drug-likeness (QED) is 0.836. The molecule has 0 saturated heterocycles. The Morgan fingerprint density at radius 3 is 2.72 bits per heavy atom. The molecule has 2 rings (SSSR count). The third-order valence-corrected chi connectivity index (χ3v) is 2.24. The number of nitrogens with zero attached hydrogens (tertiary/aromatic N) is 3. The molecule has 0 N–H and O–H groups in total. The van der Waals surface area contributed by atoms with Crippen LogP contribution in [0.4, 0.5) is 13.2 Å². The van der Waals surface area contributed by atoms with E-state index < -0.39 is 6.18 Å². The van der Waals surface area contributed by atoms with E-state index >= 15 is 0 Å². The number of alkyl halides is 3. The molecule has 0 saturated carbocycles. The average Bonchev–Trinajstić information content (AvgIpc) is 2.74. The molecule has 18 heavy (non-hydrogen) atoms. The standard InChI is InChI=1S/C11H7ClF3N3/c12-9-3-1-2-8(6-9)10-16-7-18(17-10)5-4-11(13,14)15/h1-7H/b5-4-. The molecule has 0 aliphatic carbocycles. The van der Waals surface area contributed by atoms with Crippen LogP contribution in [0, 0.1) is 0 Å². The zero-order valence-electron chi connectivity index (χ0n) is 8.89. The molecule has 7 heteroatoms. The van der Waals surface area contributed by atoms with Gasteiger partial charge in [0.1, 0.15) is 6.33 Å². The van der Waals surface area contributed by atoms with E-state index in [4.69, 9.17) is 11.6 Å². The average molecular weight is 274 g/mol. The summed E-state index contributed by atoms with van der Waals surface area (Å²) in [4.78, 5) is 3.90. The molecule has 0 spiro atoms. The van der Waals surface area contributed by atoms with Gasteiger partial charge in [0.25, 0.3) is 0 Å². The van der Waals surface area contributed by atoms with Crippen LogP contribution in [0.3, 0.4) is 0 Å². The fourth-order valence-electron chi connectivity index (χ4n) is 1.27. The van der Waals surface area contributed by atoms with Crippen LogP contribution < -0.4 is 0 Å². The van der Waals surface area contributed by atoms with Gasteiger partial charge in [-0.2, -0.15) is 13.2 Å². The lowest BCUT2D eigenvalue weighted by Crippen LogP contribution is -2.01. The summed E-state index contributed by atoms with van der Waals surface area (Å²) < 4.78 is 36.9. The van der Waals surface area contributed by atoms with E-state index in [0.29, 0.717) is 16.4 Å². The Labute approximate surface area is 106 Å². The molecule has 0 amide bonds. The first kappa shape index (κ1) is 12.6. The van der Waals surface area contributed by atoms with Crippen LogP contribution in [0.15, 0.2) is 36.7 Å². The summed E-state index contributed by atoms with van der Waals surface area (Å²) in [5.74, 6) is 0.310. The van der Waals surface area contributed by atoms with Gasteiger partial charge < -0.3 is 0 Å². The highest BCUT2D eigenvalue weighted by molar-refractivity contribution is 6.30. The molecule has 0 unspecified atom stereocenters. The maximum absolute atomic E-state index is 12.0. The van der Waals surface area contributed by atoms with E-state index in [9.17, 15) is 13.2 Å². The summed E-state index contributed by atoms with van der Waals surface area (Å²) in [6.07, 6.45) is -2.30. The van der Waals surface area contributed by atoms with Crippen molar-refractivity contribution in [3.05, 3.63) is 41.7 Å². The molecule has 0 atom stereocenters. The minimum Gasteiger partial charge on any atom is -0.228 e. The Bertz CT molecular complexity index is 575. The summed E-state index contributed by atoms with van der Waals surface area (Å²) >= 11 is 5.80. The number of hydrogen-bond acceptors (Lipinski definition) is 2. The Hall–Kier alpha value is -1.82. The van der Waals surface area contributed by atoms with Crippen molar-refractivity contribution in [3.63, 3.8) is 0 Å². The lowest BCUT2D eigenvalue weighted by atomic mass is 10.2. The van der Waals surface area contributed by atoms with Gasteiger partial charge in [0.15, 0.2) is 5.82 Å². The van der Waals surface area contributed by atoms with Crippen molar-refractivity contribution in [1.82, 2.24) is 14.8 Å². The van der Waals surface area contributed by atoms with Crippen LogP contribution in [0.1, 0.15) is 0 Å². The highest BCUT2D eigenvalue weighted by Gasteiger charge is 2.22. The topological polar surface area (TPSA) is 30.7 Å². The summed E-state index contributed by atoms with van der Waals surface area (Å²) in [5, 5.41) is 4.39. The van der Waals surface area contributed by atoms with E-state index in [1.807, 2.05) is 0 Å². The largest absolute Gasteiger partial charge is 0.411 e. The molecule has 0 fully saturated rings. The Kier molecular flexibility index (Phi) is 3.38. The van der Waals surface area contributed by atoms with E-state index in [1.54, 1.807) is 24.3 Å². The van der Waals surface area contributed by atoms with Crippen LogP contribution in [-0.4, -0.2) is 20.9 Å². The summed E-state index contributed by atoms with van der Waals surface area (Å²) in [5.41, 5.74) is 0.640. The minimum atomic E-state index is -4.37. The predicted octanol–water partition coefficient (Wildman–Crippen LogP) is 3.63. The number of allylic oxidation sites excluding steroid dienone is 1. The Morgan fingerprint density at radius 2 is 2.06 bits per heavy atom. The molecule has 1 heterocycles. The second kappa shape index (κ2) is 4.81. The van der Waals surface area contributed by atoms with Gasteiger partial charge in [-0.05, 0) is 12.1 Å². The van der Waals surface area contributed by atoms with Crippen molar-refractivity contribution < 1.29 is 13.2 Å². The maximum Gasteiger partial charge on any atom is 0.411 e. The molecular weight excluding hydrogens is 267 g/mol. The number of rotatable bonds is 2. The summed E-state index contributed by atoms with van der Waals surface area (Å²) in [7, 11) is 0. The van der Waals surface area contributed by atoms with Crippen LogP contribution in [-0.2, 0) is 0 Å². The molecule has 1 aromatic carbocycles. The van der Waals surface area contributed by atoms with Crippen molar-refractivity contribution in [2.24, 2.45) is 0 Å². The Morgan fingerprint density at radius 1 is 1.28 bits per heavy atom. The van der Waals surface area contributed by atoms with Gasteiger partial charge in [-0.15, -0.1) is 5.10 Å². The fraction of sp³-hybridized carbons (Fsp3) is 0.0909. The van der Waals surface area contributed by atoms with Crippen molar-refractivity contribution in [3.8, 4) is 11.4 Å². The number of hydrogen-bond donors (Lipinski definition) is 0. The first-order chi connectivity index (χ1) is 8.44. The van der Waals surface area contributed by atoms with Crippen LogP contribution in [0.5, 0.6) is 0 Å². The molecule has 3 nitrogen and oxygen atoms in total. The van der Waals surface area contributed by atoms with E-state index in [2.05, 4.69) is 10.1 Å². The number of aromatic nitrogens is 3. The zero-order chi connectivity index (χ0) is 13.2. The van der Waals surface area contributed by atoms with E-state index in [0.717, 1.165) is 10.9 Å². The third kappa shape index (κ3) is 3.33. The predicted molar refractivity (Wildman–Crippen MR) is 61.9 cm³/mol. The van der Waals surface area contributed by atoms with Crippen molar-refractivity contribution in [1.29, 1.82) is 0 Å². The first-order valence-electron chi connectivity index (χ1n) is 4.87. The molecule has 94 valence electrons. The smallest absolute Gasteiger partial charge is 0.228 e. The highest BCUT2D eigenvalue weighted by atomic mass is 35.5. The van der Waals surface area contributed by atoms with Gasteiger partial charge in [-0.25, -0.2) is 9.67 Å². The SMILES string of the molecule is FC(F)(F)/C=C\n1cnc(-c2cccc(Cl)c2)n1. The second-order valence-electron chi connectivity index (χ2n) is 3.42. The van der Waals surface area contributed by atoms with Gasteiger partial charge in [0.2, 0.25) is 0 Å². The molecule has 0 radical (unpaired) electrons. The lowest BCUT2D eigenvalue weighted by molar-refractivity contribution is -0.0792. The lowest BCUT2D eigenvalue weighted by Gasteiger charge is -1.97. The van der Waals surface area contributed by atoms with Crippen molar-refractivity contribution in [2.75, 3.05) is 0 Å². The highest BCUT2D eigenvalue weighted by Crippen LogP contribution is 2.19. The summed E-state index contributed by atoms with van der Waals surface area (Å²) in [6.45, 7) is 0. The number of halogens is 4. The van der Waals surface area contributed by atoms with Gasteiger partial charge in [-0.1, -0.05) is 23.7 Å². The minimum absolute atomic E-state index is 0.0867. The molecule has 2 aromatic rings. The van der Waals surface area contributed by atoms with Crippen LogP contribution in [0.25, 0.3) is 17.6 Å². The molecular formula is C11H7ClF3N3. The normalized spacial score (nSPS) is 12.2. The maximum atomic E-state index is 12.0. The molecule has 0 aliphatic rings.